The van der Waals surface area contributed by atoms with Crippen molar-refractivity contribution < 1.29 is 14.2 Å². The standard InChI is InChI=1S/C22H20FN5O/c1-15-6-7-16-13-17(14-24)21(25-20(16)12-15)27-8-10-28(11-9-27)22(29)26-19-5-3-2-4-18(19)23/h2-7,12-13H,8-11H2,1H3,(H,26,29)/p+1. The lowest BCUT2D eigenvalue weighted by atomic mass is 10.1. The van der Waals surface area contributed by atoms with E-state index in [-0.39, 0.29) is 11.7 Å². The van der Waals surface area contributed by atoms with Crippen molar-refractivity contribution in [1.82, 2.24) is 4.90 Å². The molecule has 6 nitrogen and oxygen atoms in total. The lowest BCUT2D eigenvalue weighted by Crippen LogP contribution is -2.51. The average Bonchev–Trinajstić information content (AvgIpc) is 2.74. The fourth-order valence-electron chi connectivity index (χ4n) is 3.55. The number of pyridine rings is 1. The number of aryl methyl sites for hydroxylation is 1. The second kappa shape index (κ2) is 7.76. The zero-order valence-corrected chi connectivity index (χ0v) is 16.1. The van der Waals surface area contributed by atoms with Gasteiger partial charge in [-0.3, -0.25) is 4.90 Å². The van der Waals surface area contributed by atoms with Gasteiger partial charge in [-0.15, -0.1) is 0 Å². The predicted molar refractivity (Wildman–Crippen MR) is 109 cm³/mol. The summed E-state index contributed by atoms with van der Waals surface area (Å²) in [5, 5.41) is 13.2. The van der Waals surface area contributed by atoms with E-state index < -0.39 is 5.82 Å². The van der Waals surface area contributed by atoms with Crippen LogP contribution in [0.15, 0.2) is 48.5 Å². The summed E-state index contributed by atoms with van der Waals surface area (Å²) < 4.78 is 13.8. The summed E-state index contributed by atoms with van der Waals surface area (Å²) in [7, 11) is 0. The van der Waals surface area contributed by atoms with Gasteiger partial charge < -0.3 is 10.2 Å². The highest BCUT2D eigenvalue weighted by Crippen LogP contribution is 2.22. The Morgan fingerprint density at radius 1 is 1.14 bits per heavy atom. The fraction of sp³-hybridized carbons (Fsp3) is 0.227. The van der Waals surface area contributed by atoms with Crippen LogP contribution in [0.2, 0.25) is 0 Å². The van der Waals surface area contributed by atoms with Gasteiger partial charge in [0.1, 0.15) is 36.1 Å². The van der Waals surface area contributed by atoms with Gasteiger partial charge in [-0.25, -0.2) is 14.2 Å². The van der Waals surface area contributed by atoms with E-state index in [1.807, 2.05) is 25.1 Å². The number of amides is 2. The minimum atomic E-state index is -0.459. The molecule has 1 aliphatic rings. The molecule has 2 heterocycles. The Kier molecular flexibility index (Phi) is 5.00. The van der Waals surface area contributed by atoms with Crippen molar-refractivity contribution >= 4 is 28.4 Å². The van der Waals surface area contributed by atoms with Gasteiger partial charge in [0.2, 0.25) is 0 Å². The van der Waals surface area contributed by atoms with Crippen molar-refractivity contribution in [3.05, 3.63) is 65.5 Å². The van der Waals surface area contributed by atoms with E-state index in [4.69, 9.17) is 0 Å². The van der Waals surface area contributed by atoms with E-state index in [2.05, 4.69) is 27.3 Å². The summed E-state index contributed by atoms with van der Waals surface area (Å²) in [6.45, 7) is 4.13. The van der Waals surface area contributed by atoms with Crippen LogP contribution in [0.4, 0.5) is 20.7 Å². The van der Waals surface area contributed by atoms with Crippen LogP contribution in [0.1, 0.15) is 11.1 Å². The van der Waals surface area contributed by atoms with Gasteiger partial charge >= 0.3 is 6.03 Å². The molecule has 0 aliphatic carbocycles. The molecule has 146 valence electrons. The molecular weight excluding hydrogens is 369 g/mol. The minimum Gasteiger partial charge on any atom is -0.317 e. The lowest BCUT2D eigenvalue weighted by Gasteiger charge is -2.31. The molecule has 0 bridgehead atoms. The number of hydrogen-bond donors (Lipinski definition) is 1. The molecule has 4 rings (SSSR count). The summed E-state index contributed by atoms with van der Waals surface area (Å²) in [4.78, 5) is 19.6. The molecule has 0 atom stereocenters. The quantitative estimate of drug-likeness (QED) is 0.729. The Morgan fingerprint density at radius 3 is 2.62 bits per heavy atom. The number of nitrogens with one attached hydrogen (secondary N) is 2. The number of halogens is 1. The van der Waals surface area contributed by atoms with E-state index in [0.717, 1.165) is 22.3 Å². The molecule has 2 amide bonds. The van der Waals surface area contributed by atoms with Gasteiger partial charge in [-0.2, -0.15) is 5.26 Å². The number of para-hydroxylation sites is 1. The number of carbonyl (C=O) groups excluding carboxylic acids is 1. The Hall–Kier alpha value is -3.66. The number of nitrogens with zero attached hydrogens (tertiary/aromatic N) is 3. The molecule has 2 N–H and O–H groups in total. The van der Waals surface area contributed by atoms with Gasteiger partial charge in [-0.1, -0.05) is 24.3 Å². The van der Waals surface area contributed by atoms with E-state index in [1.54, 1.807) is 17.0 Å². The smallest absolute Gasteiger partial charge is 0.317 e. The van der Waals surface area contributed by atoms with Crippen molar-refractivity contribution in [2.75, 3.05) is 36.4 Å². The first-order valence-corrected chi connectivity index (χ1v) is 9.47. The third-order valence-corrected chi connectivity index (χ3v) is 5.14. The van der Waals surface area contributed by atoms with Crippen LogP contribution in [-0.4, -0.2) is 37.1 Å². The maximum absolute atomic E-state index is 13.8. The zero-order chi connectivity index (χ0) is 20.4. The minimum absolute atomic E-state index is 0.171. The Labute approximate surface area is 168 Å². The lowest BCUT2D eigenvalue weighted by molar-refractivity contribution is -0.331. The number of fused-ring (bicyclic) bond motifs is 1. The van der Waals surface area contributed by atoms with Crippen LogP contribution in [-0.2, 0) is 0 Å². The molecule has 1 fully saturated rings. The largest absolute Gasteiger partial charge is 0.322 e. The summed E-state index contributed by atoms with van der Waals surface area (Å²) >= 11 is 0. The maximum atomic E-state index is 13.8. The second-order valence-corrected chi connectivity index (χ2v) is 7.12. The highest BCUT2D eigenvalue weighted by Gasteiger charge is 2.29. The van der Waals surface area contributed by atoms with Gasteiger partial charge in [0.15, 0.2) is 0 Å². The van der Waals surface area contributed by atoms with Crippen molar-refractivity contribution in [3.63, 3.8) is 0 Å². The predicted octanol–water partition coefficient (Wildman–Crippen LogP) is 3.33. The molecule has 2 aromatic carbocycles. The van der Waals surface area contributed by atoms with Crippen LogP contribution >= 0.6 is 0 Å². The molecular formula is C22H21FN5O+. The van der Waals surface area contributed by atoms with Gasteiger partial charge in [0, 0.05) is 5.39 Å². The number of aromatic nitrogens is 1. The zero-order valence-electron chi connectivity index (χ0n) is 16.1. The number of anilines is 2. The molecule has 1 aromatic heterocycles. The molecule has 3 aromatic rings. The number of urea groups is 1. The number of H-pyrrole nitrogens is 1. The number of aromatic amines is 1. The molecule has 29 heavy (non-hydrogen) atoms. The van der Waals surface area contributed by atoms with Crippen molar-refractivity contribution in [2.24, 2.45) is 0 Å². The number of nitriles is 1. The summed E-state index contributed by atoms with van der Waals surface area (Å²) in [5.74, 6) is 0.305. The van der Waals surface area contributed by atoms with Crippen molar-refractivity contribution in [1.29, 1.82) is 5.26 Å². The molecule has 1 aliphatic heterocycles. The average molecular weight is 390 g/mol. The highest BCUT2D eigenvalue weighted by atomic mass is 19.1. The Morgan fingerprint density at radius 2 is 1.90 bits per heavy atom. The van der Waals surface area contributed by atoms with Crippen LogP contribution in [0.5, 0.6) is 0 Å². The Balaban J connectivity index is 1.49. The Bertz CT molecular complexity index is 1120. The van der Waals surface area contributed by atoms with Gasteiger partial charge in [-0.05, 0) is 36.8 Å². The monoisotopic (exact) mass is 390 g/mol. The van der Waals surface area contributed by atoms with Crippen molar-refractivity contribution in [2.45, 2.75) is 6.92 Å². The molecule has 0 spiro atoms. The number of piperazine rings is 1. The van der Waals surface area contributed by atoms with Crippen LogP contribution in [0.3, 0.4) is 0 Å². The number of rotatable bonds is 2. The van der Waals surface area contributed by atoms with E-state index in [1.165, 1.54) is 12.1 Å². The fourth-order valence-corrected chi connectivity index (χ4v) is 3.55. The van der Waals surface area contributed by atoms with E-state index in [0.29, 0.717) is 31.7 Å². The third-order valence-electron chi connectivity index (χ3n) is 5.14. The van der Waals surface area contributed by atoms with E-state index >= 15 is 0 Å². The summed E-state index contributed by atoms with van der Waals surface area (Å²) in [5.41, 5.74) is 2.85. The maximum Gasteiger partial charge on any atom is 0.322 e. The van der Waals surface area contributed by atoms with Crippen molar-refractivity contribution in [3.8, 4) is 6.07 Å². The SMILES string of the molecule is Cc1ccc2cc(C#N)c(N3CCN(C(=O)Nc4ccccc4F)CC3)[nH+]c2c1. The number of carbonyl (C=O) groups is 1. The highest BCUT2D eigenvalue weighted by molar-refractivity contribution is 5.89. The van der Waals surface area contributed by atoms with Gasteiger partial charge in [0.25, 0.3) is 5.82 Å². The first kappa shape index (κ1) is 18.7. The topological polar surface area (TPSA) is 73.5 Å². The molecule has 7 heteroatoms. The third kappa shape index (κ3) is 3.83. The van der Waals surface area contributed by atoms with Crippen LogP contribution < -0.4 is 15.2 Å². The summed E-state index contributed by atoms with van der Waals surface area (Å²) in [6, 6.07) is 16.0. The van der Waals surface area contributed by atoms with E-state index in [9.17, 15) is 14.4 Å². The van der Waals surface area contributed by atoms with Crippen LogP contribution in [0.25, 0.3) is 10.9 Å². The van der Waals surface area contributed by atoms with Crippen LogP contribution in [0, 0.1) is 24.1 Å². The number of hydrogen-bond acceptors (Lipinski definition) is 3. The number of benzene rings is 2. The molecule has 0 unspecified atom stereocenters. The van der Waals surface area contributed by atoms with Gasteiger partial charge in [0.05, 0.1) is 18.8 Å². The summed E-state index contributed by atoms with van der Waals surface area (Å²) in [6.07, 6.45) is 0. The normalized spacial score (nSPS) is 14.0. The second-order valence-electron chi connectivity index (χ2n) is 7.12. The first-order chi connectivity index (χ1) is 14.0. The molecule has 0 saturated carbocycles. The molecule has 1 saturated heterocycles. The molecule has 0 radical (unpaired) electrons. The first-order valence-electron chi connectivity index (χ1n) is 9.47.